The number of carbonyl (C=O) groups excluding carboxylic acids is 3. The Morgan fingerprint density at radius 2 is 0.604 bits per heavy atom. The van der Waals surface area contributed by atoms with Gasteiger partial charge in [0.05, 0.1) is 16.7 Å². The highest BCUT2D eigenvalue weighted by Gasteiger charge is 2.20. The average molecular weight is 631 g/mol. The number of rotatable bonds is 9. The number of hydrogen-bond donors (Lipinski definition) is 0. The average Bonchev–Trinajstić information content (AvgIpc) is 3.14. The van der Waals surface area contributed by atoms with E-state index in [1.807, 2.05) is 127 Å². The van der Waals surface area contributed by atoms with Crippen molar-refractivity contribution in [3.8, 4) is 0 Å². The van der Waals surface area contributed by atoms with Gasteiger partial charge in [-0.1, -0.05) is 109 Å². The second-order valence-electron chi connectivity index (χ2n) is 11.6. The first-order valence-electron chi connectivity index (χ1n) is 15.6. The second-order valence-corrected chi connectivity index (χ2v) is 11.6. The molecule has 0 N–H and O–H groups in total. The predicted octanol–water partition coefficient (Wildman–Crippen LogP) is 9.22. The molecule has 6 nitrogen and oxygen atoms in total. The number of ether oxygens (including phenoxy) is 3. The number of esters is 3. The van der Waals surface area contributed by atoms with Crippen LogP contribution in [0.15, 0.2) is 146 Å². The van der Waals surface area contributed by atoms with Gasteiger partial charge >= 0.3 is 17.9 Å². The minimum absolute atomic E-state index is 0.0159. The van der Waals surface area contributed by atoms with E-state index in [9.17, 15) is 14.4 Å². The van der Waals surface area contributed by atoms with Gasteiger partial charge < -0.3 is 14.2 Å². The maximum atomic E-state index is 13.3. The van der Waals surface area contributed by atoms with E-state index in [1.165, 1.54) is 18.2 Å². The fourth-order valence-corrected chi connectivity index (χ4v) is 5.66. The lowest BCUT2D eigenvalue weighted by atomic mass is 10.0. The molecular formula is C42H30O6. The molecule has 0 aliphatic rings. The number of fused-ring (bicyclic) bond motifs is 3. The summed E-state index contributed by atoms with van der Waals surface area (Å²) < 4.78 is 16.9. The first-order valence-corrected chi connectivity index (χ1v) is 15.6. The minimum atomic E-state index is -0.684. The summed E-state index contributed by atoms with van der Waals surface area (Å²) in [5.74, 6) is -2.05. The van der Waals surface area contributed by atoms with Crippen LogP contribution in [0.5, 0.6) is 0 Å². The molecule has 0 spiro atoms. The van der Waals surface area contributed by atoms with Crippen molar-refractivity contribution in [1.82, 2.24) is 0 Å². The molecule has 0 saturated carbocycles. The summed E-state index contributed by atoms with van der Waals surface area (Å²) in [6, 6.07) is 45.3. The number of carbonyl (C=O) groups is 3. The maximum Gasteiger partial charge on any atom is 0.338 e. The molecule has 0 aliphatic heterocycles. The molecule has 6 heteroatoms. The maximum absolute atomic E-state index is 13.3. The highest BCUT2D eigenvalue weighted by Crippen LogP contribution is 2.21. The van der Waals surface area contributed by atoms with Gasteiger partial charge in [-0.05, 0) is 85.4 Å². The quantitative estimate of drug-likeness (QED) is 0.117. The first-order chi connectivity index (χ1) is 23.5. The van der Waals surface area contributed by atoms with Crippen LogP contribution in [0.25, 0.3) is 32.3 Å². The lowest BCUT2D eigenvalue weighted by Crippen LogP contribution is -2.13. The van der Waals surface area contributed by atoms with Crippen LogP contribution in [0.3, 0.4) is 0 Å². The summed E-state index contributed by atoms with van der Waals surface area (Å²) in [5.41, 5.74) is 2.53. The molecular weight excluding hydrogens is 600 g/mol. The second kappa shape index (κ2) is 13.6. The van der Waals surface area contributed by atoms with Gasteiger partial charge in [0.15, 0.2) is 0 Å². The van der Waals surface area contributed by atoms with Gasteiger partial charge in [-0.2, -0.15) is 0 Å². The molecule has 0 amide bonds. The van der Waals surface area contributed by atoms with E-state index in [4.69, 9.17) is 14.2 Å². The van der Waals surface area contributed by atoms with Crippen molar-refractivity contribution in [3.05, 3.63) is 179 Å². The monoisotopic (exact) mass is 630 g/mol. The molecule has 0 unspecified atom stereocenters. The molecule has 0 aromatic heterocycles. The third-order valence-electron chi connectivity index (χ3n) is 8.19. The lowest BCUT2D eigenvalue weighted by Gasteiger charge is -2.11. The predicted molar refractivity (Wildman–Crippen MR) is 186 cm³/mol. The minimum Gasteiger partial charge on any atom is -0.457 e. The van der Waals surface area contributed by atoms with E-state index in [0.29, 0.717) is 0 Å². The number of hydrogen-bond acceptors (Lipinski definition) is 6. The third kappa shape index (κ3) is 6.93. The zero-order valence-corrected chi connectivity index (χ0v) is 25.9. The Bertz CT molecular complexity index is 2050. The molecule has 0 atom stereocenters. The SMILES string of the molecule is O=C(OCc1ccc2ccccc2c1)c1cc(C(=O)OCc2ccc3ccccc3c2)cc(C(=O)OCc2ccc3ccccc3c2)c1. The largest absolute Gasteiger partial charge is 0.457 e. The summed E-state index contributed by atoms with van der Waals surface area (Å²) >= 11 is 0. The van der Waals surface area contributed by atoms with E-state index in [-0.39, 0.29) is 36.5 Å². The number of benzene rings is 7. The van der Waals surface area contributed by atoms with Gasteiger partial charge in [-0.15, -0.1) is 0 Å². The van der Waals surface area contributed by atoms with Crippen LogP contribution < -0.4 is 0 Å². The van der Waals surface area contributed by atoms with Crippen LogP contribution in [0.4, 0.5) is 0 Å². The topological polar surface area (TPSA) is 78.9 Å². The summed E-state index contributed by atoms with van der Waals surface area (Å²) in [5, 5.41) is 6.31. The third-order valence-corrected chi connectivity index (χ3v) is 8.19. The zero-order chi connectivity index (χ0) is 32.9. The van der Waals surface area contributed by atoms with E-state index >= 15 is 0 Å². The Morgan fingerprint density at radius 1 is 0.333 bits per heavy atom. The Balaban J connectivity index is 1.10. The smallest absolute Gasteiger partial charge is 0.338 e. The van der Waals surface area contributed by atoms with Crippen molar-refractivity contribution in [2.75, 3.05) is 0 Å². The molecule has 0 heterocycles. The van der Waals surface area contributed by atoms with Crippen molar-refractivity contribution >= 4 is 50.2 Å². The van der Waals surface area contributed by atoms with Crippen molar-refractivity contribution in [2.45, 2.75) is 19.8 Å². The van der Waals surface area contributed by atoms with Crippen molar-refractivity contribution in [2.24, 2.45) is 0 Å². The van der Waals surface area contributed by atoms with E-state index in [2.05, 4.69) is 0 Å². The standard InChI is InChI=1S/C42H30O6/c43-40(46-25-28-13-16-31-7-1-4-10-34(31)19-28)37-22-38(41(44)47-26-29-14-17-32-8-2-5-11-35(32)20-29)24-39(23-37)42(45)48-27-30-15-18-33-9-3-6-12-36(33)21-30/h1-24H,25-27H2. The molecule has 48 heavy (non-hydrogen) atoms. The van der Waals surface area contributed by atoms with Crippen LogP contribution >= 0.6 is 0 Å². The molecule has 7 aromatic rings. The van der Waals surface area contributed by atoms with E-state index < -0.39 is 17.9 Å². The van der Waals surface area contributed by atoms with Gasteiger partial charge in [0, 0.05) is 0 Å². The van der Waals surface area contributed by atoms with Gasteiger partial charge in [-0.3, -0.25) is 0 Å². The Morgan fingerprint density at radius 3 is 0.896 bits per heavy atom. The summed E-state index contributed by atoms with van der Waals surface area (Å²) in [6.07, 6.45) is 0. The molecule has 234 valence electrons. The highest BCUT2D eigenvalue weighted by atomic mass is 16.5. The molecule has 7 aromatic carbocycles. The normalized spacial score (nSPS) is 11.0. The molecule has 0 radical (unpaired) electrons. The van der Waals surface area contributed by atoms with Crippen LogP contribution in [0.2, 0.25) is 0 Å². The molecule has 7 rings (SSSR count). The first kappa shape index (κ1) is 30.4. The van der Waals surface area contributed by atoms with Crippen LogP contribution in [0, 0.1) is 0 Å². The summed E-state index contributed by atoms with van der Waals surface area (Å²) in [7, 11) is 0. The van der Waals surface area contributed by atoms with Crippen LogP contribution in [-0.4, -0.2) is 17.9 Å². The fraction of sp³-hybridized carbons (Fsp3) is 0.0714. The molecule has 0 bridgehead atoms. The highest BCUT2D eigenvalue weighted by molar-refractivity contribution is 6.00. The van der Waals surface area contributed by atoms with Crippen molar-refractivity contribution in [3.63, 3.8) is 0 Å². The zero-order valence-electron chi connectivity index (χ0n) is 25.9. The summed E-state index contributed by atoms with van der Waals surface area (Å²) in [6.45, 7) is 0.0478. The fourth-order valence-electron chi connectivity index (χ4n) is 5.66. The molecule has 0 saturated heterocycles. The van der Waals surface area contributed by atoms with Gasteiger partial charge in [0.25, 0.3) is 0 Å². The Labute approximate surface area is 277 Å². The van der Waals surface area contributed by atoms with Crippen molar-refractivity contribution < 1.29 is 28.6 Å². The van der Waals surface area contributed by atoms with Gasteiger partial charge in [0.1, 0.15) is 19.8 Å². The van der Waals surface area contributed by atoms with Crippen LogP contribution in [-0.2, 0) is 34.0 Å². The molecule has 0 fully saturated rings. The Kier molecular flexibility index (Phi) is 8.62. The lowest BCUT2D eigenvalue weighted by molar-refractivity contribution is 0.0468. The van der Waals surface area contributed by atoms with Gasteiger partial charge in [-0.25, -0.2) is 14.4 Å². The van der Waals surface area contributed by atoms with Crippen LogP contribution in [0.1, 0.15) is 47.8 Å². The van der Waals surface area contributed by atoms with Gasteiger partial charge in [0.2, 0.25) is 0 Å². The molecule has 0 aliphatic carbocycles. The van der Waals surface area contributed by atoms with Crippen molar-refractivity contribution in [1.29, 1.82) is 0 Å². The summed E-state index contributed by atoms with van der Waals surface area (Å²) in [4.78, 5) is 39.9. The van der Waals surface area contributed by atoms with E-state index in [1.54, 1.807) is 0 Å². The van der Waals surface area contributed by atoms with E-state index in [0.717, 1.165) is 49.0 Å². The Hall–Kier alpha value is -6.27.